The largest absolute Gasteiger partial charge is 0.452 e. The Hall–Kier alpha value is -0.650. The molecule has 0 amide bonds. The molecule has 1 unspecified atom stereocenters. The van der Waals surface area contributed by atoms with E-state index in [0.717, 1.165) is 20.5 Å². The molecule has 2 rings (SSSR count). The molecule has 2 aromatic heterocycles. The van der Waals surface area contributed by atoms with E-state index in [4.69, 9.17) is 4.42 Å². The zero-order chi connectivity index (χ0) is 12.3. The molecule has 0 radical (unpaired) electrons. The normalized spacial score (nSPS) is 12.6. The lowest BCUT2D eigenvalue weighted by Crippen LogP contribution is -2.17. The molecule has 3 nitrogen and oxygen atoms in total. The number of furan rings is 1. The van der Waals surface area contributed by atoms with Crippen LogP contribution in [0.2, 0.25) is 0 Å². The molecule has 0 saturated heterocycles. The Morgan fingerprint density at radius 2 is 2.29 bits per heavy atom. The molecule has 0 fully saturated rings. The first-order chi connectivity index (χ1) is 8.16. The number of hydrogen-bond acceptors (Lipinski definition) is 3. The van der Waals surface area contributed by atoms with Gasteiger partial charge in [0.15, 0.2) is 4.67 Å². The molecule has 2 heterocycles. The van der Waals surface area contributed by atoms with E-state index in [1.165, 1.54) is 0 Å². The van der Waals surface area contributed by atoms with Crippen molar-refractivity contribution in [3.05, 3.63) is 51.1 Å². The summed E-state index contributed by atoms with van der Waals surface area (Å²) < 4.78 is 7.15. The van der Waals surface area contributed by atoms with Gasteiger partial charge in [0.05, 0.1) is 11.0 Å². The van der Waals surface area contributed by atoms with Crippen LogP contribution in [-0.4, -0.2) is 4.98 Å². The summed E-state index contributed by atoms with van der Waals surface area (Å²) in [6.07, 6.45) is 3.64. The summed E-state index contributed by atoms with van der Waals surface area (Å²) in [6.45, 7) is 2.78. The van der Waals surface area contributed by atoms with E-state index in [1.807, 2.05) is 18.3 Å². The van der Waals surface area contributed by atoms with Gasteiger partial charge in [0.2, 0.25) is 0 Å². The molecule has 1 N–H and O–H groups in total. The van der Waals surface area contributed by atoms with E-state index < -0.39 is 0 Å². The number of pyridine rings is 1. The monoisotopic (exact) mass is 358 g/mol. The first-order valence-electron chi connectivity index (χ1n) is 5.24. The fourth-order valence-corrected chi connectivity index (χ4v) is 2.14. The maximum atomic E-state index is 5.49. The maximum absolute atomic E-state index is 5.49. The van der Waals surface area contributed by atoms with Crippen LogP contribution in [0.5, 0.6) is 0 Å². The molecule has 0 aliphatic heterocycles. The van der Waals surface area contributed by atoms with Crippen LogP contribution in [-0.2, 0) is 6.54 Å². The van der Waals surface area contributed by atoms with Gasteiger partial charge >= 0.3 is 0 Å². The second-order valence-corrected chi connectivity index (χ2v) is 5.30. The van der Waals surface area contributed by atoms with Gasteiger partial charge in [0, 0.05) is 18.4 Å². The summed E-state index contributed by atoms with van der Waals surface area (Å²) >= 11 is 6.71. The van der Waals surface area contributed by atoms with E-state index >= 15 is 0 Å². The Balaban J connectivity index is 1.94. The molecule has 0 saturated carbocycles. The molecule has 0 aliphatic rings. The Morgan fingerprint density at radius 1 is 1.47 bits per heavy atom. The average Bonchev–Trinajstić information content (AvgIpc) is 2.67. The zero-order valence-corrected chi connectivity index (χ0v) is 12.5. The summed E-state index contributed by atoms with van der Waals surface area (Å²) in [5.74, 6) is 0.888. The van der Waals surface area contributed by atoms with Gasteiger partial charge in [-0.1, -0.05) is 6.07 Å². The summed E-state index contributed by atoms with van der Waals surface area (Å²) in [5, 5.41) is 3.38. The van der Waals surface area contributed by atoms with Gasteiger partial charge in [-0.25, -0.2) is 0 Å². The lowest BCUT2D eigenvalue weighted by Gasteiger charge is -2.12. The minimum atomic E-state index is 0.242. The van der Waals surface area contributed by atoms with E-state index in [2.05, 4.69) is 55.2 Å². The standard InChI is InChI=1S/C12H12Br2N2O/c1-8(9-3-2-4-15-6-9)16-7-10-5-11(13)12(14)17-10/h2-6,8,16H,7H2,1H3. The number of rotatable bonds is 4. The van der Waals surface area contributed by atoms with Gasteiger partial charge in [0.1, 0.15) is 5.76 Å². The van der Waals surface area contributed by atoms with Crippen molar-refractivity contribution in [2.24, 2.45) is 0 Å². The Labute approximate surface area is 117 Å². The van der Waals surface area contributed by atoms with Crippen LogP contribution in [0.3, 0.4) is 0 Å². The molecule has 17 heavy (non-hydrogen) atoms. The van der Waals surface area contributed by atoms with Crippen LogP contribution in [0.4, 0.5) is 0 Å². The Kier molecular flexibility index (Phi) is 4.36. The first-order valence-corrected chi connectivity index (χ1v) is 6.82. The van der Waals surface area contributed by atoms with Crippen LogP contribution < -0.4 is 5.32 Å². The van der Waals surface area contributed by atoms with Gasteiger partial charge in [-0.05, 0) is 56.5 Å². The fraction of sp³-hybridized carbons (Fsp3) is 0.250. The van der Waals surface area contributed by atoms with Crippen molar-refractivity contribution in [3.8, 4) is 0 Å². The predicted octanol–water partition coefficient (Wildman–Crippen LogP) is 4.05. The molecule has 90 valence electrons. The molecule has 0 spiro atoms. The smallest absolute Gasteiger partial charge is 0.183 e. The summed E-state index contributed by atoms with van der Waals surface area (Å²) in [7, 11) is 0. The van der Waals surface area contributed by atoms with Crippen LogP contribution >= 0.6 is 31.9 Å². The maximum Gasteiger partial charge on any atom is 0.183 e. The summed E-state index contributed by atoms with van der Waals surface area (Å²) in [6, 6.07) is 6.19. The SMILES string of the molecule is CC(NCc1cc(Br)c(Br)o1)c1cccnc1. The minimum absolute atomic E-state index is 0.242. The number of hydrogen-bond donors (Lipinski definition) is 1. The highest BCUT2D eigenvalue weighted by Gasteiger charge is 2.08. The van der Waals surface area contributed by atoms with E-state index in [0.29, 0.717) is 6.54 Å². The van der Waals surface area contributed by atoms with Crippen LogP contribution in [0.25, 0.3) is 0 Å². The highest BCUT2D eigenvalue weighted by molar-refractivity contribution is 9.13. The number of nitrogens with one attached hydrogen (secondary N) is 1. The highest BCUT2D eigenvalue weighted by atomic mass is 79.9. The van der Waals surface area contributed by atoms with Crippen LogP contribution in [0.1, 0.15) is 24.3 Å². The summed E-state index contributed by atoms with van der Waals surface area (Å²) in [5.41, 5.74) is 1.16. The Bertz CT molecular complexity index is 465. The van der Waals surface area contributed by atoms with Crippen molar-refractivity contribution in [2.45, 2.75) is 19.5 Å². The molecule has 5 heteroatoms. The van der Waals surface area contributed by atoms with Crippen molar-refractivity contribution < 1.29 is 4.42 Å². The van der Waals surface area contributed by atoms with E-state index in [-0.39, 0.29) is 6.04 Å². The van der Waals surface area contributed by atoms with Gasteiger partial charge in [0.25, 0.3) is 0 Å². The number of nitrogens with zero attached hydrogens (tertiary/aromatic N) is 1. The van der Waals surface area contributed by atoms with E-state index in [1.54, 1.807) is 6.20 Å². The van der Waals surface area contributed by atoms with Crippen molar-refractivity contribution in [2.75, 3.05) is 0 Å². The third-order valence-electron chi connectivity index (χ3n) is 2.46. The molecule has 0 bridgehead atoms. The third kappa shape index (κ3) is 3.40. The summed E-state index contributed by atoms with van der Waals surface area (Å²) in [4.78, 5) is 4.10. The van der Waals surface area contributed by atoms with E-state index in [9.17, 15) is 0 Å². The zero-order valence-electron chi connectivity index (χ0n) is 9.28. The number of aromatic nitrogens is 1. The lowest BCUT2D eigenvalue weighted by molar-refractivity contribution is 0.446. The van der Waals surface area contributed by atoms with Crippen molar-refractivity contribution in [1.29, 1.82) is 0 Å². The number of halogens is 2. The van der Waals surface area contributed by atoms with Gasteiger partial charge in [-0.3, -0.25) is 4.98 Å². The second kappa shape index (κ2) is 5.80. The lowest BCUT2D eigenvalue weighted by atomic mass is 10.1. The minimum Gasteiger partial charge on any atom is -0.452 e. The second-order valence-electron chi connectivity index (χ2n) is 3.72. The molecule has 0 aromatic carbocycles. The van der Waals surface area contributed by atoms with Crippen LogP contribution in [0.15, 0.2) is 44.2 Å². The van der Waals surface area contributed by atoms with Crippen LogP contribution in [0, 0.1) is 0 Å². The van der Waals surface area contributed by atoms with Crippen molar-refractivity contribution >= 4 is 31.9 Å². The molecule has 2 aromatic rings. The quantitative estimate of drug-likeness (QED) is 0.894. The van der Waals surface area contributed by atoms with Crippen molar-refractivity contribution in [3.63, 3.8) is 0 Å². The van der Waals surface area contributed by atoms with Crippen molar-refractivity contribution in [1.82, 2.24) is 10.3 Å². The van der Waals surface area contributed by atoms with Gasteiger partial charge < -0.3 is 9.73 Å². The fourth-order valence-electron chi connectivity index (χ4n) is 1.48. The van der Waals surface area contributed by atoms with Gasteiger partial charge in [-0.2, -0.15) is 0 Å². The third-order valence-corrected chi connectivity index (χ3v) is 4.17. The molecule has 0 aliphatic carbocycles. The molecular weight excluding hydrogens is 348 g/mol. The first kappa shape index (κ1) is 12.8. The highest BCUT2D eigenvalue weighted by Crippen LogP contribution is 2.26. The Morgan fingerprint density at radius 3 is 2.88 bits per heavy atom. The molecule has 1 atom stereocenters. The molecular formula is C12H12Br2N2O. The van der Waals surface area contributed by atoms with Gasteiger partial charge in [-0.15, -0.1) is 0 Å². The topological polar surface area (TPSA) is 38.1 Å². The average molecular weight is 360 g/mol. The predicted molar refractivity (Wildman–Crippen MR) is 73.6 cm³/mol.